The summed E-state index contributed by atoms with van der Waals surface area (Å²) in [4.78, 5) is 12.2. The second kappa shape index (κ2) is 7.39. The first kappa shape index (κ1) is 17.2. The molecule has 0 fully saturated rings. The van der Waals surface area contributed by atoms with Crippen LogP contribution in [0.5, 0.6) is 0 Å². The molecule has 5 nitrogen and oxygen atoms in total. The average Bonchev–Trinajstić information content (AvgIpc) is 2.53. The first-order valence-electron chi connectivity index (χ1n) is 7.21. The first-order chi connectivity index (χ1) is 10.9. The molecule has 0 radical (unpaired) electrons. The van der Waals surface area contributed by atoms with Crippen LogP contribution >= 0.6 is 0 Å². The highest BCUT2D eigenvalue weighted by Gasteiger charge is 2.16. The van der Waals surface area contributed by atoms with Crippen molar-refractivity contribution in [1.29, 1.82) is 0 Å². The molecule has 0 bridgehead atoms. The van der Waals surface area contributed by atoms with Crippen LogP contribution in [0.4, 0.5) is 0 Å². The zero-order valence-electron chi connectivity index (χ0n) is 12.8. The number of carbonyl (C=O) groups is 1. The largest absolute Gasteiger partial charge is 0.392 e. The van der Waals surface area contributed by atoms with Crippen LogP contribution < -0.4 is 5.32 Å². The number of rotatable bonds is 6. The minimum absolute atomic E-state index is 0.144. The Balaban J connectivity index is 2.16. The molecule has 0 saturated heterocycles. The topological polar surface area (TPSA) is 83.5 Å². The van der Waals surface area contributed by atoms with E-state index in [1.165, 1.54) is 0 Å². The molecule has 23 heavy (non-hydrogen) atoms. The maximum Gasteiger partial charge on any atom is 0.251 e. The van der Waals surface area contributed by atoms with Crippen molar-refractivity contribution in [2.75, 3.05) is 6.54 Å². The molecule has 2 N–H and O–H groups in total. The number of sulfone groups is 1. The van der Waals surface area contributed by atoms with Crippen molar-refractivity contribution in [3.05, 3.63) is 65.7 Å². The lowest BCUT2D eigenvalue weighted by Gasteiger charge is -2.09. The van der Waals surface area contributed by atoms with Crippen LogP contribution in [0, 0.1) is 0 Å². The van der Waals surface area contributed by atoms with E-state index in [0.29, 0.717) is 11.1 Å². The lowest BCUT2D eigenvalue weighted by Crippen LogP contribution is -2.30. The highest BCUT2D eigenvalue weighted by Crippen LogP contribution is 2.17. The highest BCUT2D eigenvalue weighted by atomic mass is 32.2. The van der Waals surface area contributed by atoms with Crippen molar-refractivity contribution in [3.8, 4) is 0 Å². The van der Waals surface area contributed by atoms with Crippen molar-refractivity contribution in [3.63, 3.8) is 0 Å². The Bertz CT molecular complexity index is 770. The Morgan fingerprint density at radius 1 is 1.13 bits per heavy atom. The van der Waals surface area contributed by atoms with Crippen molar-refractivity contribution in [1.82, 2.24) is 5.32 Å². The zero-order valence-corrected chi connectivity index (χ0v) is 13.6. The third-order valence-corrected chi connectivity index (χ3v) is 4.91. The molecule has 0 saturated carbocycles. The fraction of sp³-hybridized carbons (Fsp3) is 0.235. The molecule has 0 heterocycles. The van der Waals surface area contributed by atoms with Crippen molar-refractivity contribution < 1.29 is 18.3 Å². The number of carbonyl (C=O) groups excluding carboxylic acids is 1. The van der Waals surface area contributed by atoms with Gasteiger partial charge in [0.15, 0.2) is 9.84 Å². The second-order valence-electron chi connectivity index (χ2n) is 5.33. The van der Waals surface area contributed by atoms with E-state index < -0.39 is 15.9 Å². The summed E-state index contributed by atoms with van der Waals surface area (Å²) in [6.07, 6.45) is -0.638. The molecule has 2 aromatic rings. The van der Waals surface area contributed by atoms with E-state index in [2.05, 4.69) is 5.32 Å². The average molecular weight is 333 g/mol. The summed E-state index contributed by atoms with van der Waals surface area (Å²) in [5.41, 5.74) is 0.907. The molecule has 1 amide bonds. The van der Waals surface area contributed by atoms with Crippen molar-refractivity contribution in [2.45, 2.75) is 23.7 Å². The molecule has 2 aromatic carbocycles. The smallest absolute Gasteiger partial charge is 0.251 e. The Hall–Kier alpha value is -2.18. The summed E-state index contributed by atoms with van der Waals surface area (Å²) in [6, 6.07) is 14.7. The van der Waals surface area contributed by atoms with Crippen LogP contribution in [0.1, 0.15) is 22.8 Å². The quantitative estimate of drug-likeness (QED) is 0.844. The monoisotopic (exact) mass is 333 g/mol. The number of hydrogen-bond acceptors (Lipinski definition) is 4. The summed E-state index contributed by atoms with van der Waals surface area (Å²) in [7, 11) is -3.45. The van der Waals surface area contributed by atoms with Crippen molar-refractivity contribution in [2.24, 2.45) is 0 Å². The molecule has 1 atom stereocenters. The molecule has 0 aromatic heterocycles. The number of nitrogens with one attached hydrogen (secondary N) is 1. The van der Waals surface area contributed by atoms with Gasteiger partial charge in [-0.25, -0.2) is 8.42 Å². The first-order valence-corrected chi connectivity index (χ1v) is 8.87. The number of hydrogen-bond donors (Lipinski definition) is 2. The van der Waals surface area contributed by atoms with E-state index in [4.69, 9.17) is 0 Å². The number of amides is 1. The van der Waals surface area contributed by atoms with Crippen molar-refractivity contribution >= 4 is 15.7 Å². The zero-order chi connectivity index (χ0) is 16.9. The van der Waals surface area contributed by atoms with E-state index in [9.17, 15) is 18.3 Å². The maximum absolute atomic E-state index is 12.4. The number of benzene rings is 2. The standard InChI is InChI=1S/C17H19NO4S/c1-13(19)11-18-17(20)15-7-5-6-14(10-15)12-23(21,22)16-8-3-2-4-9-16/h2-10,13,19H,11-12H2,1H3,(H,18,20). The molecule has 122 valence electrons. The molecular weight excluding hydrogens is 314 g/mol. The van der Waals surface area contributed by atoms with Gasteiger partial charge in [-0.2, -0.15) is 0 Å². The fourth-order valence-corrected chi connectivity index (χ4v) is 3.43. The van der Waals surface area contributed by atoms with Gasteiger partial charge in [-0.15, -0.1) is 0 Å². The predicted octanol–water partition coefficient (Wildman–Crippen LogP) is 1.77. The van der Waals surface area contributed by atoms with E-state index >= 15 is 0 Å². The summed E-state index contributed by atoms with van der Waals surface area (Å²) in [5.74, 6) is -0.515. The van der Waals surface area contributed by atoms with E-state index in [0.717, 1.165) is 0 Å². The van der Waals surface area contributed by atoms with Gasteiger partial charge in [0.25, 0.3) is 5.91 Å². The summed E-state index contributed by atoms with van der Waals surface area (Å²) >= 11 is 0. The molecule has 2 rings (SSSR count). The van der Waals surface area contributed by atoms with Crippen LogP contribution in [0.3, 0.4) is 0 Å². The second-order valence-corrected chi connectivity index (χ2v) is 7.32. The van der Waals surface area contributed by atoms with Gasteiger partial charge >= 0.3 is 0 Å². The van der Waals surface area contributed by atoms with Gasteiger partial charge in [0.1, 0.15) is 0 Å². The van der Waals surface area contributed by atoms with Crippen LogP contribution in [0.2, 0.25) is 0 Å². The Kier molecular flexibility index (Phi) is 5.52. The van der Waals surface area contributed by atoms with E-state index in [1.54, 1.807) is 61.5 Å². The Labute approximate surface area is 135 Å². The Morgan fingerprint density at radius 3 is 2.48 bits per heavy atom. The summed E-state index contributed by atoms with van der Waals surface area (Å²) < 4.78 is 24.7. The van der Waals surface area contributed by atoms with Gasteiger partial charge in [0, 0.05) is 12.1 Å². The van der Waals surface area contributed by atoms with Crippen LogP contribution in [0.25, 0.3) is 0 Å². The maximum atomic E-state index is 12.4. The molecule has 0 aliphatic heterocycles. The van der Waals surface area contributed by atoms with E-state index in [-0.39, 0.29) is 23.1 Å². The van der Waals surface area contributed by atoms with Crippen LogP contribution in [-0.4, -0.2) is 32.1 Å². The SMILES string of the molecule is CC(O)CNC(=O)c1cccc(CS(=O)(=O)c2ccccc2)c1. The van der Waals surface area contributed by atoms with Gasteiger partial charge in [-0.1, -0.05) is 30.3 Å². The van der Waals surface area contributed by atoms with Gasteiger partial charge < -0.3 is 10.4 Å². The van der Waals surface area contributed by atoms with Crippen LogP contribution in [-0.2, 0) is 15.6 Å². The highest BCUT2D eigenvalue weighted by molar-refractivity contribution is 7.90. The minimum Gasteiger partial charge on any atom is -0.392 e. The summed E-state index contributed by atoms with van der Waals surface area (Å²) in [6.45, 7) is 1.72. The molecule has 0 aliphatic rings. The molecule has 6 heteroatoms. The Morgan fingerprint density at radius 2 is 1.83 bits per heavy atom. The third kappa shape index (κ3) is 4.91. The predicted molar refractivity (Wildman–Crippen MR) is 87.8 cm³/mol. The molecule has 1 unspecified atom stereocenters. The van der Waals surface area contributed by atoms with Gasteiger partial charge in [0.2, 0.25) is 0 Å². The summed E-state index contributed by atoms with van der Waals surface area (Å²) in [5, 5.41) is 11.8. The molecular formula is C17H19NO4S. The lowest BCUT2D eigenvalue weighted by molar-refractivity contribution is 0.0924. The normalized spacial score (nSPS) is 12.6. The van der Waals surface area contributed by atoms with E-state index in [1.807, 2.05) is 0 Å². The number of aliphatic hydroxyl groups is 1. The number of aliphatic hydroxyl groups excluding tert-OH is 1. The van der Waals surface area contributed by atoms with Gasteiger partial charge in [-0.05, 0) is 36.8 Å². The van der Waals surface area contributed by atoms with Gasteiger partial charge in [-0.3, -0.25) is 4.79 Å². The van der Waals surface area contributed by atoms with Gasteiger partial charge in [0.05, 0.1) is 16.8 Å². The molecule has 0 aliphatic carbocycles. The minimum atomic E-state index is -3.45. The molecule has 0 spiro atoms. The third-order valence-electron chi connectivity index (χ3n) is 3.21. The lowest BCUT2D eigenvalue weighted by atomic mass is 10.1. The fourth-order valence-electron chi connectivity index (χ4n) is 2.08. The van der Waals surface area contributed by atoms with Crippen LogP contribution in [0.15, 0.2) is 59.5 Å².